The van der Waals surface area contributed by atoms with Crippen molar-refractivity contribution < 1.29 is 9.53 Å². The minimum atomic E-state index is -0.105. The lowest BCUT2D eigenvalue weighted by atomic mass is 9.98. The number of ether oxygens (including phenoxy) is 1. The zero-order valence-electron chi connectivity index (χ0n) is 8.32. The van der Waals surface area contributed by atoms with Gasteiger partial charge in [0.2, 0.25) is 0 Å². The molecular formula is C12H14O2. The second-order valence-corrected chi connectivity index (χ2v) is 3.71. The van der Waals surface area contributed by atoms with Crippen molar-refractivity contribution >= 4 is 5.97 Å². The van der Waals surface area contributed by atoms with Crippen LogP contribution in [0, 0.1) is 0 Å². The van der Waals surface area contributed by atoms with E-state index in [1.165, 1.54) is 18.2 Å². The quantitative estimate of drug-likeness (QED) is 0.669. The Labute approximate surface area is 83.9 Å². The Morgan fingerprint density at radius 2 is 2.29 bits per heavy atom. The Bertz CT molecular complexity index is 344. The van der Waals surface area contributed by atoms with Gasteiger partial charge in [0, 0.05) is 0 Å². The molecule has 74 valence electrons. The highest BCUT2D eigenvalue weighted by atomic mass is 16.5. The Morgan fingerprint density at radius 1 is 1.50 bits per heavy atom. The molecule has 0 aromatic heterocycles. The smallest absolute Gasteiger partial charge is 0.306 e. The summed E-state index contributed by atoms with van der Waals surface area (Å²) in [5, 5.41) is 0. The minimum Gasteiger partial charge on any atom is -0.469 e. The number of esters is 1. The van der Waals surface area contributed by atoms with Crippen LogP contribution >= 0.6 is 0 Å². The molecule has 0 radical (unpaired) electrons. The first kappa shape index (κ1) is 9.25. The molecule has 0 spiro atoms. The van der Waals surface area contributed by atoms with E-state index >= 15 is 0 Å². The molecule has 2 heteroatoms. The summed E-state index contributed by atoms with van der Waals surface area (Å²) in [6.07, 6.45) is 2.69. The summed E-state index contributed by atoms with van der Waals surface area (Å²) in [4.78, 5) is 11.2. The maximum Gasteiger partial charge on any atom is 0.306 e. The Morgan fingerprint density at radius 3 is 3.07 bits per heavy atom. The SMILES string of the molecule is COC(=O)CC1CCc2ccccc21. The van der Waals surface area contributed by atoms with Crippen LogP contribution in [0.4, 0.5) is 0 Å². The summed E-state index contributed by atoms with van der Waals surface area (Å²) in [5.41, 5.74) is 2.72. The van der Waals surface area contributed by atoms with Crippen LogP contribution in [0.5, 0.6) is 0 Å². The summed E-state index contributed by atoms with van der Waals surface area (Å²) in [5.74, 6) is 0.269. The van der Waals surface area contributed by atoms with E-state index < -0.39 is 0 Å². The van der Waals surface area contributed by atoms with Crippen LogP contribution < -0.4 is 0 Å². The van der Waals surface area contributed by atoms with Crippen molar-refractivity contribution in [2.24, 2.45) is 0 Å². The van der Waals surface area contributed by atoms with Gasteiger partial charge in [0.25, 0.3) is 0 Å². The average molecular weight is 190 g/mol. The third-order valence-corrected chi connectivity index (χ3v) is 2.90. The number of hydrogen-bond acceptors (Lipinski definition) is 2. The van der Waals surface area contributed by atoms with Crippen LogP contribution in [0.1, 0.15) is 29.9 Å². The maximum absolute atomic E-state index is 11.2. The molecule has 1 unspecified atom stereocenters. The van der Waals surface area contributed by atoms with Gasteiger partial charge in [-0.1, -0.05) is 24.3 Å². The molecule has 1 atom stereocenters. The number of methoxy groups -OCH3 is 1. The van der Waals surface area contributed by atoms with Crippen molar-refractivity contribution in [1.29, 1.82) is 0 Å². The van der Waals surface area contributed by atoms with Gasteiger partial charge >= 0.3 is 5.97 Å². The second kappa shape index (κ2) is 3.82. The molecule has 1 aliphatic rings. The van der Waals surface area contributed by atoms with Gasteiger partial charge in [0.1, 0.15) is 0 Å². The summed E-state index contributed by atoms with van der Waals surface area (Å²) >= 11 is 0. The van der Waals surface area contributed by atoms with E-state index in [1.807, 2.05) is 6.07 Å². The Balaban J connectivity index is 2.14. The first-order valence-corrected chi connectivity index (χ1v) is 4.96. The van der Waals surface area contributed by atoms with Crippen LogP contribution in [-0.4, -0.2) is 13.1 Å². The topological polar surface area (TPSA) is 26.3 Å². The predicted molar refractivity (Wildman–Crippen MR) is 54.1 cm³/mol. The molecule has 0 fully saturated rings. The number of carbonyl (C=O) groups is 1. The standard InChI is InChI=1S/C12H14O2/c1-14-12(13)8-10-7-6-9-4-2-3-5-11(9)10/h2-5,10H,6-8H2,1H3. The molecule has 0 aliphatic heterocycles. The lowest BCUT2D eigenvalue weighted by Gasteiger charge is -2.09. The third-order valence-electron chi connectivity index (χ3n) is 2.90. The molecule has 0 saturated heterocycles. The minimum absolute atomic E-state index is 0.105. The largest absolute Gasteiger partial charge is 0.469 e. The van der Waals surface area contributed by atoms with Gasteiger partial charge in [-0.05, 0) is 29.9 Å². The molecule has 1 aromatic rings. The molecule has 0 saturated carbocycles. The van der Waals surface area contributed by atoms with E-state index in [4.69, 9.17) is 0 Å². The van der Waals surface area contributed by atoms with Crippen molar-refractivity contribution in [3.05, 3.63) is 35.4 Å². The number of hydrogen-bond donors (Lipinski definition) is 0. The fraction of sp³-hybridized carbons (Fsp3) is 0.417. The van der Waals surface area contributed by atoms with Gasteiger partial charge < -0.3 is 4.74 Å². The first-order chi connectivity index (χ1) is 6.81. The highest BCUT2D eigenvalue weighted by molar-refractivity contribution is 5.70. The van der Waals surface area contributed by atoms with Gasteiger partial charge in [0.15, 0.2) is 0 Å². The lowest BCUT2D eigenvalue weighted by Crippen LogP contribution is -2.06. The number of carbonyl (C=O) groups excluding carboxylic acids is 1. The highest BCUT2D eigenvalue weighted by Gasteiger charge is 2.24. The summed E-state index contributed by atoms with van der Waals surface area (Å²) in [7, 11) is 1.45. The molecule has 0 N–H and O–H groups in total. The normalized spacial score (nSPS) is 19.1. The van der Waals surface area contributed by atoms with Gasteiger partial charge in [-0.25, -0.2) is 0 Å². The molecule has 1 aromatic carbocycles. The molecule has 2 nitrogen and oxygen atoms in total. The van der Waals surface area contributed by atoms with Crippen molar-refractivity contribution in [1.82, 2.24) is 0 Å². The van der Waals surface area contributed by atoms with Crippen LogP contribution in [0.3, 0.4) is 0 Å². The molecule has 0 heterocycles. The van der Waals surface area contributed by atoms with Crippen LogP contribution in [-0.2, 0) is 16.0 Å². The molecule has 14 heavy (non-hydrogen) atoms. The highest BCUT2D eigenvalue weighted by Crippen LogP contribution is 2.35. The first-order valence-electron chi connectivity index (χ1n) is 4.96. The van der Waals surface area contributed by atoms with E-state index in [0.29, 0.717) is 12.3 Å². The van der Waals surface area contributed by atoms with E-state index in [9.17, 15) is 4.79 Å². The van der Waals surface area contributed by atoms with Crippen LogP contribution in [0.25, 0.3) is 0 Å². The lowest BCUT2D eigenvalue weighted by molar-refractivity contribution is -0.141. The average Bonchev–Trinajstić information content (AvgIpc) is 2.62. The second-order valence-electron chi connectivity index (χ2n) is 3.71. The predicted octanol–water partition coefficient (Wildman–Crippen LogP) is 2.28. The maximum atomic E-state index is 11.2. The summed E-state index contributed by atoms with van der Waals surface area (Å²) < 4.78 is 4.69. The van der Waals surface area contributed by atoms with E-state index in [1.54, 1.807) is 0 Å². The Hall–Kier alpha value is -1.31. The van der Waals surface area contributed by atoms with Gasteiger partial charge in [-0.15, -0.1) is 0 Å². The zero-order valence-corrected chi connectivity index (χ0v) is 8.32. The van der Waals surface area contributed by atoms with E-state index in [2.05, 4.69) is 22.9 Å². The van der Waals surface area contributed by atoms with Crippen molar-refractivity contribution in [2.75, 3.05) is 7.11 Å². The molecule has 0 amide bonds. The monoisotopic (exact) mass is 190 g/mol. The van der Waals surface area contributed by atoms with Crippen molar-refractivity contribution in [3.63, 3.8) is 0 Å². The Kier molecular flexibility index (Phi) is 2.53. The molecule has 1 aliphatic carbocycles. The zero-order chi connectivity index (χ0) is 9.97. The van der Waals surface area contributed by atoms with Gasteiger partial charge in [-0.2, -0.15) is 0 Å². The number of rotatable bonds is 2. The number of fused-ring (bicyclic) bond motifs is 1. The van der Waals surface area contributed by atoms with Crippen LogP contribution in [0.2, 0.25) is 0 Å². The number of aryl methyl sites for hydroxylation is 1. The molecule has 2 rings (SSSR count). The van der Waals surface area contributed by atoms with E-state index in [0.717, 1.165) is 12.8 Å². The van der Waals surface area contributed by atoms with Gasteiger partial charge in [-0.3, -0.25) is 4.79 Å². The molecular weight excluding hydrogens is 176 g/mol. The molecule has 0 bridgehead atoms. The van der Waals surface area contributed by atoms with Gasteiger partial charge in [0.05, 0.1) is 13.5 Å². The fourth-order valence-corrected chi connectivity index (χ4v) is 2.14. The van der Waals surface area contributed by atoms with E-state index in [-0.39, 0.29) is 5.97 Å². The summed E-state index contributed by atoms with van der Waals surface area (Å²) in [6, 6.07) is 8.36. The van der Waals surface area contributed by atoms with Crippen LogP contribution in [0.15, 0.2) is 24.3 Å². The number of benzene rings is 1. The summed E-state index contributed by atoms with van der Waals surface area (Å²) in [6.45, 7) is 0. The third kappa shape index (κ3) is 1.65. The van der Waals surface area contributed by atoms with Crippen molar-refractivity contribution in [2.45, 2.75) is 25.2 Å². The van der Waals surface area contributed by atoms with Crippen molar-refractivity contribution in [3.8, 4) is 0 Å². The fourth-order valence-electron chi connectivity index (χ4n) is 2.14.